The molecule has 8 heteroatoms. The van der Waals surface area contributed by atoms with Crippen molar-refractivity contribution in [2.45, 2.75) is 37.2 Å². The van der Waals surface area contributed by atoms with E-state index in [2.05, 4.69) is 0 Å². The Labute approximate surface area is 98.0 Å². The topological polar surface area (TPSA) is 37.3 Å². The zero-order chi connectivity index (χ0) is 13.9. The van der Waals surface area contributed by atoms with E-state index in [0.717, 1.165) is 0 Å². The Bertz CT molecular complexity index is 358. The van der Waals surface area contributed by atoms with E-state index in [1.807, 2.05) is 0 Å². The van der Waals surface area contributed by atoms with Crippen molar-refractivity contribution in [1.29, 1.82) is 0 Å². The van der Waals surface area contributed by atoms with Crippen molar-refractivity contribution in [2.24, 2.45) is 17.8 Å². The molecule has 2 rings (SSSR count). The molecule has 0 unspecified atom stereocenters. The molecule has 1 N–H and O–H groups in total. The minimum atomic E-state index is -5.91. The van der Waals surface area contributed by atoms with Crippen molar-refractivity contribution >= 4 is 5.78 Å². The van der Waals surface area contributed by atoms with Crippen molar-refractivity contribution in [1.82, 2.24) is 0 Å². The van der Waals surface area contributed by atoms with Crippen LogP contribution in [0.15, 0.2) is 0 Å². The summed E-state index contributed by atoms with van der Waals surface area (Å²) in [5.41, 5.74) is -4.92. The van der Waals surface area contributed by atoms with Gasteiger partial charge in [0, 0.05) is 5.92 Å². The zero-order valence-electron chi connectivity index (χ0n) is 8.98. The molecule has 104 valence electrons. The quantitative estimate of drug-likeness (QED) is 0.747. The number of hydrogen-bond acceptors (Lipinski definition) is 2. The highest BCUT2D eigenvalue weighted by Crippen LogP contribution is 2.58. The van der Waals surface area contributed by atoms with Gasteiger partial charge >= 0.3 is 12.4 Å². The van der Waals surface area contributed by atoms with Crippen LogP contribution in [0.25, 0.3) is 0 Å². The molecule has 0 radical (unpaired) electrons. The Morgan fingerprint density at radius 1 is 1.00 bits per heavy atom. The first-order valence-electron chi connectivity index (χ1n) is 5.39. The summed E-state index contributed by atoms with van der Waals surface area (Å²) in [7, 11) is 0. The van der Waals surface area contributed by atoms with Gasteiger partial charge in [0.1, 0.15) is 5.78 Å². The predicted molar refractivity (Wildman–Crippen MR) is 46.4 cm³/mol. The molecule has 2 nitrogen and oxygen atoms in total. The second kappa shape index (κ2) is 3.61. The van der Waals surface area contributed by atoms with Crippen molar-refractivity contribution in [3.05, 3.63) is 0 Å². The maximum atomic E-state index is 12.6. The van der Waals surface area contributed by atoms with Crippen LogP contribution in [-0.4, -0.2) is 28.8 Å². The van der Waals surface area contributed by atoms with Crippen LogP contribution >= 0.6 is 0 Å². The zero-order valence-corrected chi connectivity index (χ0v) is 8.98. The smallest absolute Gasteiger partial charge is 0.373 e. The molecule has 0 aromatic rings. The first kappa shape index (κ1) is 13.6. The fourth-order valence-electron chi connectivity index (χ4n) is 3.12. The summed E-state index contributed by atoms with van der Waals surface area (Å²) in [6.45, 7) is 0. The van der Waals surface area contributed by atoms with Crippen LogP contribution in [-0.2, 0) is 4.79 Å². The molecule has 0 heterocycles. The van der Waals surface area contributed by atoms with E-state index in [-0.39, 0.29) is 12.8 Å². The number of aliphatic hydroxyl groups is 1. The number of carbonyl (C=O) groups is 1. The molecule has 3 atom stereocenters. The Balaban J connectivity index is 2.47. The third-order valence-electron chi connectivity index (χ3n) is 3.97. The molecule has 2 aliphatic carbocycles. The molecular weight excluding hydrogens is 266 g/mol. The van der Waals surface area contributed by atoms with E-state index in [4.69, 9.17) is 0 Å². The highest BCUT2D eigenvalue weighted by atomic mass is 19.4. The SMILES string of the molecule is O=C1[C@@H]2CC[C@@H](C2)[C@@H]1C(O)(C(F)(F)F)C(F)(F)F. The molecule has 0 spiro atoms. The third kappa shape index (κ3) is 1.57. The minimum Gasteiger partial charge on any atom is -0.373 e. The molecule has 2 bridgehead atoms. The Morgan fingerprint density at radius 3 is 1.83 bits per heavy atom. The van der Waals surface area contributed by atoms with Crippen LogP contribution in [0.5, 0.6) is 0 Å². The van der Waals surface area contributed by atoms with Gasteiger partial charge in [-0.05, 0) is 25.2 Å². The Hall–Kier alpha value is -0.790. The molecule has 18 heavy (non-hydrogen) atoms. The van der Waals surface area contributed by atoms with Gasteiger partial charge in [-0.2, -0.15) is 26.3 Å². The summed E-state index contributed by atoms with van der Waals surface area (Å²) in [5.74, 6) is -5.31. The fourth-order valence-corrected chi connectivity index (χ4v) is 3.12. The molecule has 0 amide bonds. The Morgan fingerprint density at radius 2 is 1.50 bits per heavy atom. The number of fused-ring (bicyclic) bond motifs is 2. The first-order chi connectivity index (χ1) is 8.00. The van der Waals surface area contributed by atoms with Crippen LogP contribution in [0, 0.1) is 17.8 Å². The summed E-state index contributed by atoms with van der Waals surface area (Å²) in [4.78, 5) is 11.5. The average Bonchev–Trinajstić information content (AvgIpc) is 2.73. The van der Waals surface area contributed by atoms with E-state index >= 15 is 0 Å². The van der Waals surface area contributed by atoms with E-state index in [0.29, 0.717) is 6.42 Å². The van der Waals surface area contributed by atoms with Gasteiger partial charge in [-0.1, -0.05) is 0 Å². The third-order valence-corrected chi connectivity index (χ3v) is 3.97. The number of ketones is 1. The van der Waals surface area contributed by atoms with Crippen LogP contribution < -0.4 is 0 Å². The van der Waals surface area contributed by atoms with E-state index in [1.54, 1.807) is 0 Å². The highest BCUT2D eigenvalue weighted by molar-refractivity contribution is 5.88. The van der Waals surface area contributed by atoms with Crippen LogP contribution in [0.2, 0.25) is 0 Å². The number of Topliss-reactive ketones (excluding diaryl/α,β-unsaturated/α-hetero) is 1. The van der Waals surface area contributed by atoms with Crippen molar-refractivity contribution < 1.29 is 36.2 Å². The predicted octanol–water partition coefficient (Wildman–Crippen LogP) is 2.46. The molecular formula is C10H10F6O2. The summed E-state index contributed by atoms with van der Waals surface area (Å²) >= 11 is 0. The van der Waals surface area contributed by atoms with Gasteiger partial charge in [-0.25, -0.2) is 0 Å². The molecule has 0 aromatic heterocycles. The lowest BCUT2D eigenvalue weighted by Crippen LogP contribution is -2.64. The fraction of sp³-hybridized carbons (Fsp3) is 0.900. The maximum Gasteiger partial charge on any atom is 0.427 e. The van der Waals surface area contributed by atoms with Crippen molar-refractivity contribution in [2.75, 3.05) is 0 Å². The maximum absolute atomic E-state index is 12.6. The second-order valence-corrected chi connectivity index (χ2v) is 4.91. The van der Waals surface area contributed by atoms with Gasteiger partial charge < -0.3 is 5.11 Å². The lowest BCUT2D eigenvalue weighted by molar-refractivity contribution is -0.383. The van der Waals surface area contributed by atoms with E-state index < -0.39 is 41.5 Å². The van der Waals surface area contributed by atoms with Crippen molar-refractivity contribution in [3.63, 3.8) is 0 Å². The van der Waals surface area contributed by atoms with Crippen LogP contribution in [0.1, 0.15) is 19.3 Å². The molecule has 0 aliphatic heterocycles. The molecule has 0 saturated heterocycles. The van der Waals surface area contributed by atoms with Gasteiger partial charge in [-0.3, -0.25) is 4.79 Å². The first-order valence-corrected chi connectivity index (χ1v) is 5.39. The van der Waals surface area contributed by atoms with Crippen LogP contribution in [0.4, 0.5) is 26.3 Å². The number of halogens is 6. The summed E-state index contributed by atoms with van der Waals surface area (Å²) in [6.07, 6.45) is -11.4. The lowest BCUT2D eigenvalue weighted by atomic mass is 9.74. The highest BCUT2D eigenvalue weighted by Gasteiger charge is 2.78. The van der Waals surface area contributed by atoms with Gasteiger partial charge in [-0.15, -0.1) is 0 Å². The minimum absolute atomic E-state index is 0.0119. The molecule has 2 fully saturated rings. The summed E-state index contributed by atoms with van der Waals surface area (Å²) in [5, 5.41) is 9.21. The van der Waals surface area contributed by atoms with E-state index in [1.165, 1.54) is 0 Å². The molecule has 0 aromatic carbocycles. The van der Waals surface area contributed by atoms with Gasteiger partial charge in [0.15, 0.2) is 0 Å². The number of carbonyl (C=O) groups excluding carboxylic acids is 1. The normalized spacial score (nSPS) is 33.3. The Kier molecular flexibility index (Phi) is 2.74. The van der Waals surface area contributed by atoms with E-state index in [9.17, 15) is 36.2 Å². The lowest BCUT2D eigenvalue weighted by Gasteiger charge is -2.39. The van der Waals surface area contributed by atoms with Crippen molar-refractivity contribution in [3.8, 4) is 0 Å². The standard InChI is InChI=1S/C10H10F6O2/c11-9(12,13)8(18,10(14,15)16)6-4-1-2-5(3-4)7(6)17/h4-6,18H,1-3H2/t4-,5+,6-/m0/s1. The molecule has 2 aliphatic rings. The second-order valence-electron chi connectivity index (χ2n) is 4.91. The number of rotatable bonds is 1. The average molecular weight is 276 g/mol. The number of hydrogen-bond donors (Lipinski definition) is 1. The largest absolute Gasteiger partial charge is 0.427 e. The van der Waals surface area contributed by atoms with Gasteiger partial charge in [0.25, 0.3) is 5.60 Å². The summed E-state index contributed by atoms with van der Waals surface area (Å²) in [6, 6.07) is 0. The van der Waals surface area contributed by atoms with Gasteiger partial charge in [0.2, 0.25) is 0 Å². The molecule has 2 saturated carbocycles. The van der Waals surface area contributed by atoms with Gasteiger partial charge in [0.05, 0.1) is 5.92 Å². The summed E-state index contributed by atoms with van der Waals surface area (Å²) < 4.78 is 75.8. The number of alkyl halides is 6. The van der Waals surface area contributed by atoms with Crippen LogP contribution in [0.3, 0.4) is 0 Å². The monoisotopic (exact) mass is 276 g/mol.